The van der Waals surface area contributed by atoms with Crippen molar-refractivity contribution in [2.24, 2.45) is 0 Å². The van der Waals surface area contributed by atoms with Crippen LogP contribution in [0.1, 0.15) is 22.3 Å². The van der Waals surface area contributed by atoms with E-state index in [1.165, 1.54) is 66.1 Å². The molecule has 0 nitrogen and oxygen atoms in total. The van der Waals surface area contributed by atoms with Crippen LogP contribution in [0.4, 0.5) is 0 Å². The van der Waals surface area contributed by atoms with Gasteiger partial charge in [-0.05, 0) is 66.1 Å². The largest absolute Gasteiger partial charge is 0.0616 e. The lowest BCUT2D eigenvalue weighted by Gasteiger charge is -2.05. The van der Waals surface area contributed by atoms with Gasteiger partial charge in [-0.3, -0.25) is 0 Å². The molecule has 0 amide bonds. The Morgan fingerprint density at radius 3 is 0.688 bits per heavy atom. The molecule has 0 bridgehead atoms. The minimum Gasteiger partial charge on any atom is -0.0616 e. The summed E-state index contributed by atoms with van der Waals surface area (Å²) in [4.78, 5) is 0. The van der Waals surface area contributed by atoms with E-state index >= 15 is 0 Å². The van der Waals surface area contributed by atoms with Gasteiger partial charge in [-0.15, -0.1) is 0 Å². The maximum atomic E-state index is 2.29. The average molecular weight is 405 g/mol. The van der Waals surface area contributed by atoms with Gasteiger partial charge >= 0.3 is 0 Å². The van der Waals surface area contributed by atoms with E-state index in [9.17, 15) is 0 Å². The fraction of sp³-hybridized carbons (Fsp3) is 0. The van der Waals surface area contributed by atoms with Gasteiger partial charge in [0.15, 0.2) is 0 Å². The van der Waals surface area contributed by atoms with Gasteiger partial charge in [0.05, 0.1) is 0 Å². The maximum absolute atomic E-state index is 2.29. The normalized spacial score (nSPS) is 12.9. The first-order valence-corrected chi connectivity index (χ1v) is 11.1. The molecule has 0 N–H and O–H groups in total. The molecule has 5 aromatic rings. The van der Waals surface area contributed by atoms with Gasteiger partial charge in [0.2, 0.25) is 0 Å². The lowest BCUT2D eigenvalue weighted by molar-refractivity contribution is 1.48. The Morgan fingerprint density at radius 2 is 0.438 bits per heavy atom. The van der Waals surface area contributed by atoms with Gasteiger partial charge in [0.1, 0.15) is 0 Å². The molecule has 0 aromatic heterocycles. The molecule has 2 aliphatic carbocycles. The third-order valence-electron chi connectivity index (χ3n) is 6.83. The SMILES string of the molecule is c1ccc2c(c1)C(=c1ccc(=C3c4ccccc4-c4ccccc43)cc1)c1ccccc1-2. The van der Waals surface area contributed by atoms with Gasteiger partial charge < -0.3 is 0 Å². The van der Waals surface area contributed by atoms with Crippen LogP contribution in [0.3, 0.4) is 0 Å². The molecular formula is C32H20. The minimum absolute atomic E-state index is 1.27. The summed E-state index contributed by atoms with van der Waals surface area (Å²) in [6.45, 7) is 0. The van der Waals surface area contributed by atoms with E-state index < -0.39 is 0 Å². The first-order valence-electron chi connectivity index (χ1n) is 11.1. The fourth-order valence-electron chi connectivity index (χ4n) is 5.46. The van der Waals surface area contributed by atoms with E-state index in [1.54, 1.807) is 0 Å². The summed E-state index contributed by atoms with van der Waals surface area (Å²) < 4.78 is 0. The average Bonchev–Trinajstić information content (AvgIpc) is 3.38. The predicted octanol–water partition coefficient (Wildman–Crippen LogP) is 6.14. The second-order valence-electron chi connectivity index (χ2n) is 8.51. The lowest BCUT2D eigenvalue weighted by Crippen LogP contribution is -2.13. The zero-order valence-corrected chi connectivity index (χ0v) is 17.5. The van der Waals surface area contributed by atoms with E-state index in [4.69, 9.17) is 0 Å². The Labute approximate surface area is 187 Å². The summed E-state index contributed by atoms with van der Waals surface area (Å²) >= 11 is 0. The van der Waals surface area contributed by atoms with Crippen molar-refractivity contribution in [3.8, 4) is 22.3 Å². The molecule has 2 aliphatic rings. The van der Waals surface area contributed by atoms with Gasteiger partial charge in [-0.25, -0.2) is 0 Å². The molecule has 0 heterocycles. The maximum Gasteiger partial charge on any atom is -0.00264 e. The Hall–Kier alpha value is -4.16. The third kappa shape index (κ3) is 2.38. The van der Waals surface area contributed by atoms with E-state index in [-0.39, 0.29) is 0 Å². The Morgan fingerprint density at radius 1 is 0.219 bits per heavy atom. The Kier molecular flexibility index (Phi) is 3.65. The lowest BCUT2D eigenvalue weighted by atomic mass is 9.98. The van der Waals surface area contributed by atoms with Crippen LogP contribution in [0.25, 0.3) is 33.4 Å². The highest BCUT2D eigenvalue weighted by molar-refractivity contribution is 6.02. The van der Waals surface area contributed by atoms with Crippen molar-refractivity contribution in [1.82, 2.24) is 0 Å². The first kappa shape index (κ1) is 17.5. The van der Waals surface area contributed by atoms with Crippen LogP contribution in [0.15, 0.2) is 121 Å². The van der Waals surface area contributed by atoms with Crippen LogP contribution >= 0.6 is 0 Å². The molecule has 0 unspecified atom stereocenters. The van der Waals surface area contributed by atoms with E-state index in [2.05, 4.69) is 121 Å². The molecule has 0 radical (unpaired) electrons. The van der Waals surface area contributed by atoms with Crippen LogP contribution in [0, 0.1) is 0 Å². The van der Waals surface area contributed by atoms with Crippen molar-refractivity contribution in [1.29, 1.82) is 0 Å². The van der Waals surface area contributed by atoms with Crippen molar-refractivity contribution in [3.63, 3.8) is 0 Å². The molecule has 0 atom stereocenters. The molecule has 7 rings (SSSR count). The standard InChI is InChI=1S/C32H20/c1-5-13-27-23(9-1)24-10-2-6-14-28(24)31(27)21-17-19-22(20-18-21)32-29-15-7-3-11-25(29)26-12-4-8-16-30(26)32/h1-20H. The minimum atomic E-state index is 1.27. The fourth-order valence-corrected chi connectivity index (χ4v) is 5.46. The van der Waals surface area contributed by atoms with E-state index in [0.717, 1.165) is 0 Å². The van der Waals surface area contributed by atoms with E-state index in [0.29, 0.717) is 0 Å². The van der Waals surface area contributed by atoms with Gasteiger partial charge in [0, 0.05) is 0 Å². The van der Waals surface area contributed by atoms with Crippen LogP contribution in [-0.4, -0.2) is 0 Å². The second-order valence-corrected chi connectivity index (χ2v) is 8.51. The second kappa shape index (κ2) is 6.67. The van der Waals surface area contributed by atoms with Crippen LogP contribution in [0.5, 0.6) is 0 Å². The zero-order chi connectivity index (χ0) is 21.1. The summed E-state index contributed by atoms with van der Waals surface area (Å²) in [5.74, 6) is 0. The quantitative estimate of drug-likeness (QED) is 0.285. The van der Waals surface area contributed by atoms with Crippen LogP contribution < -0.4 is 10.4 Å². The molecule has 0 heteroatoms. The summed E-state index contributed by atoms with van der Waals surface area (Å²) in [5, 5.41) is 2.54. The molecule has 0 fully saturated rings. The number of hydrogen-bond donors (Lipinski definition) is 0. The van der Waals surface area contributed by atoms with Crippen molar-refractivity contribution < 1.29 is 0 Å². The summed E-state index contributed by atoms with van der Waals surface area (Å²) in [6.07, 6.45) is 0. The Bertz CT molecular complexity index is 1420. The highest BCUT2D eigenvalue weighted by Gasteiger charge is 2.24. The molecule has 32 heavy (non-hydrogen) atoms. The van der Waals surface area contributed by atoms with Crippen molar-refractivity contribution in [2.75, 3.05) is 0 Å². The monoisotopic (exact) mass is 404 g/mol. The molecule has 0 saturated heterocycles. The zero-order valence-electron chi connectivity index (χ0n) is 17.5. The molecule has 5 aromatic carbocycles. The van der Waals surface area contributed by atoms with Crippen LogP contribution in [-0.2, 0) is 0 Å². The highest BCUT2D eigenvalue weighted by atomic mass is 14.3. The van der Waals surface area contributed by atoms with Gasteiger partial charge in [-0.2, -0.15) is 0 Å². The smallest absolute Gasteiger partial charge is 0.00264 e. The number of hydrogen-bond acceptors (Lipinski definition) is 0. The van der Waals surface area contributed by atoms with Crippen molar-refractivity contribution in [2.45, 2.75) is 0 Å². The molecular weight excluding hydrogens is 384 g/mol. The topological polar surface area (TPSA) is 0 Å². The Balaban J connectivity index is 1.52. The van der Waals surface area contributed by atoms with Crippen molar-refractivity contribution >= 4 is 11.1 Å². The molecule has 0 saturated carbocycles. The number of fused-ring (bicyclic) bond motifs is 6. The highest BCUT2D eigenvalue weighted by Crippen LogP contribution is 2.43. The molecule has 148 valence electrons. The van der Waals surface area contributed by atoms with Crippen LogP contribution in [0.2, 0.25) is 0 Å². The predicted molar refractivity (Wildman–Crippen MR) is 133 cm³/mol. The molecule has 0 spiro atoms. The molecule has 0 aliphatic heterocycles. The first-order chi connectivity index (χ1) is 15.9. The summed E-state index contributed by atoms with van der Waals surface area (Å²) in [7, 11) is 0. The van der Waals surface area contributed by atoms with E-state index in [1.807, 2.05) is 0 Å². The third-order valence-corrected chi connectivity index (χ3v) is 6.83. The van der Waals surface area contributed by atoms with Gasteiger partial charge in [-0.1, -0.05) is 121 Å². The number of benzene rings is 5. The summed E-state index contributed by atoms with van der Waals surface area (Å²) in [5.41, 5.74) is 13.3. The number of rotatable bonds is 0. The summed E-state index contributed by atoms with van der Waals surface area (Å²) in [6, 6.07) is 44.2. The van der Waals surface area contributed by atoms with Crippen molar-refractivity contribution in [3.05, 3.63) is 154 Å². The van der Waals surface area contributed by atoms with Gasteiger partial charge in [0.25, 0.3) is 0 Å².